The molecule has 1 fully saturated rings. The van der Waals surface area contributed by atoms with Gasteiger partial charge in [0.1, 0.15) is 5.75 Å². The average molecular weight is 245 g/mol. The molecule has 1 aromatic rings. The van der Waals surface area contributed by atoms with Crippen LogP contribution in [-0.2, 0) is 12.8 Å². The molecule has 1 saturated carbocycles. The molecule has 2 unspecified atom stereocenters. The highest BCUT2D eigenvalue weighted by atomic mass is 16.5. The maximum atomic E-state index is 6.29. The smallest absolute Gasteiger partial charge is 0.122 e. The molecular formula is C16H23NO. The van der Waals surface area contributed by atoms with Crippen LogP contribution in [0.3, 0.4) is 0 Å². The Morgan fingerprint density at radius 2 is 2.22 bits per heavy atom. The van der Waals surface area contributed by atoms with E-state index in [1.165, 1.54) is 17.5 Å². The minimum atomic E-state index is 0.365. The third kappa shape index (κ3) is 2.26. The standard InChI is InChI=1S/C16H23NO/c1-16(2)10-13(16)14(17)5-3-11-4-6-15-12(9-11)7-8-18-15/h4,6,9,13-14H,3,5,7-8,10,17H2,1-2H3. The molecule has 0 bridgehead atoms. The molecule has 0 aromatic heterocycles. The first kappa shape index (κ1) is 12.0. The first-order chi connectivity index (χ1) is 8.56. The van der Waals surface area contributed by atoms with Crippen molar-refractivity contribution < 1.29 is 4.74 Å². The maximum Gasteiger partial charge on any atom is 0.122 e. The van der Waals surface area contributed by atoms with E-state index in [4.69, 9.17) is 10.5 Å². The average Bonchev–Trinajstić information content (AvgIpc) is 2.77. The van der Waals surface area contributed by atoms with Crippen molar-refractivity contribution in [3.8, 4) is 5.75 Å². The Balaban J connectivity index is 1.57. The van der Waals surface area contributed by atoms with Crippen LogP contribution in [0.5, 0.6) is 5.75 Å². The fourth-order valence-corrected chi connectivity index (χ4v) is 3.17. The van der Waals surface area contributed by atoms with Gasteiger partial charge in [-0.2, -0.15) is 0 Å². The first-order valence-corrected chi connectivity index (χ1v) is 7.06. The van der Waals surface area contributed by atoms with Crippen LogP contribution < -0.4 is 10.5 Å². The molecule has 1 aromatic carbocycles. The third-order valence-electron chi connectivity index (χ3n) is 4.63. The van der Waals surface area contributed by atoms with E-state index in [9.17, 15) is 0 Å². The Hall–Kier alpha value is -1.02. The minimum Gasteiger partial charge on any atom is -0.493 e. The van der Waals surface area contributed by atoms with E-state index >= 15 is 0 Å². The number of benzene rings is 1. The number of rotatable bonds is 4. The van der Waals surface area contributed by atoms with E-state index in [-0.39, 0.29) is 0 Å². The number of fused-ring (bicyclic) bond motifs is 1. The molecule has 2 heteroatoms. The third-order valence-corrected chi connectivity index (χ3v) is 4.63. The highest BCUT2D eigenvalue weighted by molar-refractivity contribution is 5.39. The van der Waals surface area contributed by atoms with Crippen molar-refractivity contribution in [1.82, 2.24) is 0 Å². The largest absolute Gasteiger partial charge is 0.493 e. The molecule has 98 valence electrons. The highest BCUT2D eigenvalue weighted by Crippen LogP contribution is 2.53. The normalized spacial score (nSPS) is 25.4. The Labute approximate surface area is 110 Å². The van der Waals surface area contributed by atoms with Crippen LogP contribution in [0.1, 0.15) is 37.8 Å². The molecule has 1 aliphatic heterocycles. The number of ether oxygens (including phenoxy) is 1. The van der Waals surface area contributed by atoms with Crippen molar-refractivity contribution in [3.63, 3.8) is 0 Å². The van der Waals surface area contributed by atoms with E-state index in [1.54, 1.807) is 0 Å². The van der Waals surface area contributed by atoms with Crippen molar-refractivity contribution in [1.29, 1.82) is 0 Å². The zero-order chi connectivity index (χ0) is 12.8. The molecule has 0 amide bonds. The van der Waals surface area contributed by atoms with Crippen LogP contribution in [0.15, 0.2) is 18.2 Å². The molecule has 0 spiro atoms. The van der Waals surface area contributed by atoms with Crippen LogP contribution in [0.2, 0.25) is 0 Å². The molecular weight excluding hydrogens is 222 g/mol. The molecule has 2 nitrogen and oxygen atoms in total. The lowest BCUT2D eigenvalue weighted by molar-refractivity contribution is 0.357. The Bertz CT molecular complexity index is 452. The maximum absolute atomic E-state index is 6.29. The fraction of sp³-hybridized carbons (Fsp3) is 0.625. The van der Waals surface area contributed by atoms with Crippen LogP contribution in [-0.4, -0.2) is 12.6 Å². The van der Waals surface area contributed by atoms with Gasteiger partial charge in [-0.25, -0.2) is 0 Å². The van der Waals surface area contributed by atoms with E-state index in [1.807, 2.05) is 0 Å². The zero-order valence-corrected chi connectivity index (χ0v) is 11.4. The summed E-state index contributed by atoms with van der Waals surface area (Å²) in [7, 11) is 0. The van der Waals surface area contributed by atoms with E-state index in [2.05, 4.69) is 32.0 Å². The van der Waals surface area contributed by atoms with Gasteiger partial charge in [-0.1, -0.05) is 26.0 Å². The summed E-state index contributed by atoms with van der Waals surface area (Å²) in [4.78, 5) is 0. The first-order valence-electron chi connectivity index (χ1n) is 7.06. The SMILES string of the molecule is CC1(C)CC1C(N)CCc1ccc2c(c1)CCO2. The topological polar surface area (TPSA) is 35.2 Å². The molecule has 18 heavy (non-hydrogen) atoms. The molecule has 2 aliphatic rings. The number of nitrogens with two attached hydrogens (primary N) is 1. The second kappa shape index (κ2) is 4.27. The molecule has 0 radical (unpaired) electrons. The molecule has 2 N–H and O–H groups in total. The van der Waals surface area contributed by atoms with Gasteiger partial charge in [0, 0.05) is 12.5 Å². The Morgan fingerprint density at radius 1 is 1.44 bits per heavy atom. The van der Waals surface area contributed by atoms with Crippen molar-refractivity contribution in [2.75, 3.05) is 6.61 Å². The van der Waals surface area contributed by atoms with Gasteiger partial charge in [0.15, 0.2) is 0 Å². The molecule has 1 heterocycles. The van der Waals surface area contributed by atoms with Gasteiger partial charge in [-0.15, -0.1) is 0 Å². The summed E-state index contributed by atoms with van der Waals surface area (Å²) in [5.74, 6) is 1.81. The molecule has 0 saturated heterocycles. The lowest BCUT2D eigenvalue weighted by Crippen LogP contribution is -2.25. The summed E-state index contributed by atoms with van der Waals surface area (Å²) >= 11 is 0. The van der Waals surface area contributed by atoms with Gasteiger partial charge in [0.25, 0.3) is 0 Å². The van der Waals surface area contributed by atoms with E-state index in [0.29, 0.717) is 11.5 Å². The predicted octanol–water partition coefficient (Wildman–Crippen LogP) is 2.93. The van der Waals surface area contributed by atoms with Crippen molar-refractivity contribution >= 4 is 0 Å². The van der Waals surface area contributed by atoms with Gasteiger partial charge < -0.3 is 10.5 Å². The predicted molar refractivity (Wildman–Crippen MR) is 73.8 cm³/mol. The summed E-state index contributed by atoms with van der Waals surface area (Å²) in [6.45, 7) is 5.49. The summed E-state index contributed by atoms with van der Waals surface area (Å²) < 4.78 is 5.53. The fourth-order valence-electron chi connectivity index (χ4n) is 3.17. The Kier molecular flexibility index (Phi) is 2.86. The van der Waals surface area contributed by atoms with E-state index in [0.717, 1.165) is 37.5 Å². The molecule has 1 aliphatic carbocycles. The minimum absolute atomic E-state index is 0.365. The van der Waals surface area contributed by atoms with Gasteiger partial charge in [-0.3, -0.25) is 0 Å². The lowest BCUT2D eigenvalue weighted by Gasteiger charge is -2.13. The molecule has 2 atom stereocenters. The van der Waals surface area contributed by atoms with Crippen LogP contribution >= 0.6 is 0 Å². The highest BCUT2D eigenvalue weighted by Gasteiger charge is 2.48. The zero-order valence-electron chi connectivity index (χ0n) is 11.4. The number of hydrogen-bond donors (Lipinski definition) is 1. The van der Waals surface area contributed by atoms with Crippen LogP contribution in [0.25, 0.3) is 0 Å². The van der Waals surface area contributed by atoms with Crippen LogP contribution in [0.4, 0.5) is 0 Å². The number of aryl methyl sites for hydroxylation is 1. The van der Waals surface area contributed by atoms with Crippen molar-refractivity contribution in [2.45, 2.75) is 45.6 Å². The lowest BCUT2D eigenvalue weighted by atomic mass is 9.97. The van der Waals surface area contributed by atoms with Crippen LogP contribution in [0, 0.1) is 11.3 Å². The Morgan fingerprint density at radius 3 is 2.94 bits per heavy atom. The van der Waals surface area contributed by atoms with Gasteiger partial charge in [-0.05, 0) is 47.8 Å². The van der Waals surface area contributed by atoms with Crippen molar-refractivity contribution in [3.05, 3.63) is 29.3 Å². The summed E-state index contributed by atoms with van der Waals surface area (Å²) in [5, 5.41) is 0. The quantitative estimate of drug-likeness (QED) is 0.885. The van der Waals surface area contributed by atoms with Gasteiger partial charge in [0.05, 0.1) is 6.61 Å². The summed E-state index contributed by atoms with van der Waals surface area (Å²) in [6, 6.07) is 6.97. The van der Waals surface area contributed by atoms with Gasteiger partial charge >= 0.3 is 0 Å². The van der Waals surface area contributed by atoms with E-state index < -0.39 is 0 Å². The monoisotopic (exact) mass is 245 g/mol. The van der Waals surface area contributed by atoms with Crippen molar-refractivity contribution in [2.24, 2.45) is 17.1 Å². The number of hydrogen-bond acceptors (Lipinski definition) is 2. The second-order valence-electron chi connectivity index (χ2n) is 6.54. The second-order valence-corrected chi connectivity index (χ2v) is 6.54. The summed E-state index contributed by atoms with van der Waals surface area (Å²) in [5.41, 5.74) is 9.56. The molecule has 3 rings (SSSR count). The van der Waals surface area contributed by atoms with Gasteiger partial charge in [0.2, 0.25) is 0 Å². The summed E-state index contributed by atoms with van der Waals surface area (Å²) in [6.07, 6.45) is 4.56.